The van der Waals surface area contributed by atoms with Gasteiger partial charge in [0.05, 0.1) is 18.3 Å². The number of aromatic nitrogens is 2. The molecule has 0 saturated heterocycles. The van der Waals surface area contributed by atoms with E-state index < -0.39 is 0 Å². The SMILES string of the molecule is CCOc1cc([C@H](C)N2CCc3c(cc(CCN(C)CCF)cc3-c3cc(C)ncc3C)C2=O)ncc1C#N. The molecular weight excluding hydrogens is 493 g/mol. The van der Waals surface area contributed by atoms with Crippen molar-refractivity contribution in [1.29, 1.82) is 5.26 Å². The monoisotopic (exact) mass is 529 g/mol. The normalized spacial score (nSPS) is 13.8. The first-order valence-electron chi connectivity index (χ1n) is 13.4. The van der Waals surface area contributed by atoms with Crippen molar-refractivity contribution in [1.82, 2.24) is 19.8 Å². The average Bonchev–Trinajstić information content (AvgIpc) is 2.93. The van der Waals surface area contributed by atoms with E-state index in [-0.39, 0.29) is 18.6 Å². The van der Waals surface area contributed by atoms with Crippen LogP contribution < -0.4 is 4.74 Å². The second-order valence-corrected chi connectivity index (χ2v) is 10.1. The van der Waals surface area contributed by atoms with E-state index in [1.807, 2.05) is 56.8 Å². The van der Waals surface area contributed by atoms with Gasteiger partial charge in [-0.25, -0.2) is 4.39 Å². The van der Waals surface area contributed by atoms with E-state index in [4.69, 9.17) is 4.74 Å². The van der Waals surface area contributed by atoms with Crippen molar-refractivity contribution in [2.75, 3.05) is 40.0 Å². The number of carbonyl (C=O) groups excluding carboxylic acids is 1. The number of halogens is 1. The number of benzene rings is 1. The summed E-state index contributed by atoms with van der Waals surface area (Å²) < 4.78 is 18.5. The Kier molecular flexibility index (Phi) is 8.93. The zero-order valence-corrected chi connectivity index (χ0v) is 23.4. The Labute approximate surface area is 230 Å². The van der Waals surface area contributed by atoms with E-state index in [0.717, 1.165) is 33.5 Å². The van der Waals surface area contributed by atoms with E-state index in [9.17, 15) is 14.4 Å². The molecule has 1 amide bonds. The van der Waals surface area contributed by atoms with Crippen LogP contribution in [0, 0.1) is 25.2 Å². The van der Waals surface area contributed by atoms with Gasteiger partial charge in [-0.1, -0.05) is 6.07 Å². The molecule has 1 aromatic carbocycles. The molecule has 204 valence electrons. The van der Waals surface area contributed by atoms with E-state index in [2.05, 4.69) is 28.2 Å². The van der Waals surface area contributed by atoms with Gasteiger partial charge in [0.25, 0.3) is 5.91 Å². The van der Waals surface area contributed by atoms with Crippen LogP contribution >= 0.6 is 0 Å². The Balaban J connectivity index is 1.74. The molecule has 1 atom stereocenters. The number of carbonyl (C=O) groups is 1. The summed E-state index contributed by atoms with van der Waals surface area (Å²) in [5.74, 6) is 0.434. The third kappa shape index (κ3) is 6.10. The van der Waals surface area contributed by atoms with Crippen molar-refractivity contribution in [3.05, 3.63) is 75.9 Å². The standard InChI is InChI=1S/C31H36FN5O2/c1-6-39-30-16-29(35-19-24(30)17-33)22(4)37-11-8-25-27(26-13-21(3)34-18-20(26)2)14-23(15-28(25)31(37)38)7-10-36(5)12-9-32/h13-16,18-19,22H,6-12H2,1-5H3/t22-/m0/s1. The number of amides is 1. The van der Waals surface area contributed by atoms with Gasteiger partial charge in [-0.05, 0) is 87.5 Å². The van der Waals surface area contributed by atoms with Crippen molar-refractivity contribution in [3.63, 3.8) is 0 Å². The van der Waals surface area contributed by atoms with Crippen LogP contribution in [0.2, 0.25) is 0 Å². The number of aryl methyl sites for hydroxylation is 2. The summed E-state index contributed by atoms with van der Waals surface area (Å²) in [6.45, 7) is 9.51. The topological polar surface area (TPSA) is 82.3 Å². The van der Waals surface area contributed by atoms with Crippen molar-refractivity contribution in [3.8, 4) is 22.9 Å². The van der Waals surface area contributed by atoms with Crippen molar-refractivity contribution < 1.29 is 13.9 Å². The van der Waals surface area contributed by atoms with Crippen LogP contribution in [0.3, 0.4) is 0 Å². The molecule has 7 nitrogen and oxygen atoms in total. The van der Waals surface area contributed by atoms with E-state index in [1.165, 1.54) is 6.20 Å². The summed E-state index contributed by atoms with van der Waals surface area (Å²) in [5.41, 5.74) is 7.96. The summed E-state index contributed by atoms with van der Waals surface area (Å²) in [6.07, 6.45) is 4.80. The maximum Gasteiger partial charge on any atom is 0.254 e. The van der Waals surface area contributed by atoms with Gasteiger partial charge in [-0.2, -0.15) is 5.26 Å². The average molecular weight is 530 g/mol. The van der Waals surface area contributed by atoms with Crippen LogP contribution in [0.4, 0.5) is 4.39 Å². The Bertz CT molecular complexity index is 1400. The number of nitrogens with zero attached hydrogens (tertiary/aromatic N) is 5. The van der Waals surface area contributed by atoms with Crippen molar-refractivity contribution in [2.24, 2.45) is 0 Å². The maximum absolute atomic E-state index is 14.0. The number of rotatable bonds is 10. The highest BCUT2D eigenvalue weighted by atomic mass is 19.1. The second-order valence-electron chi connectivity index (χ2n) is 10.1. The molecule has 3 heterocycles. The molecule has 0 fully saturated rings. The van der Waals surface area contributed by atoms with Crippen LogP contribution in [-0.4, -0.2) is 65.6 Å². The molecule has 0 spiro atoms. The van der Waals surface area contributed by atoms with Gasteiger partial charge >= 0.3 is 0 Å². The van der Waals surface area contributed by atoms with E-state index in [1.54, 1.807) is 6.07 Å². The number of ether oxygens (including phenoxy) is 1. The molecule has 39 heavy (non-hydrogen) atoms. The first-order chi connectivity index (χ1) is 18.8. The van der Waals surface area contributed by atoms with Crippen LogP contribution in [0.25, 0.3) is 11.1 Å². The van der Waals surface area contributed by atoms with Crippen LogP contribution in [0.5, 0.6) is 5.75 Å². The minimum Gasteiger partial charge on any atom is -0.492 e. The minimum atomic E-state index is -0.388. The second kappa shape index (κ2) is 12.4. The Morgan fingerprint density at radius 3 is 2.62 bits per heavy atom. The smallest absolute Gasteiger partial charge is 0.254 e. The molecule has 2 aromatic heterocycles. The summed E-state index contributed by atoms with van der Waals surface area (Å²) in [4.78, 5) is 26.8. The zero-order chi connectivity index (χ0) is 28.1. The summed E-state index contributed by atoms with van der Waals surface area (Å²) in [6, 6.07) is 9.85. The van der Waals surface area contributed by atoms with Gasteiger partial charge in [-0.3, -0.25) is 14.8 Å². The molecule has 1 aliphatic heterocycles. The van der Waals surface area contributed by atoms with Gasteiger partial charge in [-0.15, -0.1) is 0 Å². The fourth-order valence-electron chi connectivity index (χ4n) is 5.13. The lowest BCUT2D eigenvalue weighted by atomic mass is 9.86. The summed E-state index contributed by atoms with van der Waals surface area (Å²) in [7, 11) is 1.91. The van der Waals surface area contributed by atoms with Crippen LogP contribution in [-0.2, 0) is 12.8 Å². The largest absolute Gasteiger partial charge is 0.492 e. The molecule has 4 rings (SSSR count). The first kappa shape index (κ1) is 28.2. The molecule has 8 heteroatoms. The number of alkyl halides is 1. The van der Waals surface area contributed by atoms with Gasteiger partial charge in [0.1, 0.15) is 24.1 Å². The van der Waals surface area contributed by atoms with Gasteiger partial charge in [0.15, 0.2) is 0 Å². The van der Waals surface area contributed by atoms with Crippen LogP contribution in [0.15, 0.2) is 36.7 Å². The lowest BCUT2D eigenvalue weighted by molar-refractivity contribution is 0.0669. The molecule has 0 bridgehead atoms. The Morgan fingerprint density at radius 2 is 1.90 bits per heavy atom. The molecule has 3 aromatic rings. The lowest BCUT2D eigenvalue weighted by Crippen LogP contribution is -2.40. The van der Waals surface area contributed by atoms with Crippen molar-refractivity contribution >= 4 is 5.91 Å². The number of fused-ring (bicyclic) bond motifs is 1. The number of nitriles is 1. The summed E-state index contributed by atoms with van der Waals surface area (Å²) in [5, 5.41) is 9.40. The fourth-order valence-corrected chi connectivity index (χ4v) is 5.13. The quantitative estimate of drug-likeness (QED) is 0.358. The lowest BCUT2D eigenvalue weighted by Gasteiger charge is -2.35. The number of hydrogen-bond acceptors (Lipinski definition) is 6. The van der Waals surface area contributed by atoms with Gasteiger partial charge in [0.2, 0.25) is 0 Å². The highest BCUT2D eigenvalue weighted by Gasteiger charge is 2.32. The van der Waals surface area contributed by atoms with Crippen LogP contribution in [0.1, 0.15) is 63.9 Å². The third-order valence-electron chi connectivity index (χ3n) is 7.39. The number of pyridine rings is 2. The van der Waals surface area contributed by atoms with Gasteiger partial charge in [0, 0.05) is 49.4 Å². The minimum absolute atomic E-state index is 0.0449. The third-order valence-corrected chi connectivity index (χ3v) is 7.39. The highest BCUT2D eigenvalue weighted by Crippen LogP contribution is 2.36. The maximum atomic E-state index is 14.0. The molecule has 0 radical (unpaired) electrons. The number of hydrogen-bond donors (Lipinski definition) is 0. The van der Waals surface area contributed by atoms with Crippen molar-refractivity contribution in [2.45, 2.75) is 46.6 Å². The van der Waals surface area contributed by atoms with Gasteiger partial charge < -0.3 is 14.5 Å². The predicted molar refractivity (Wildman–Crippen MR) is 150 cm³/mol. The molecule has 0 aliphatic carbocycles. The Hall–Kier alpha value is -3.83. The first-order valence-corrected chi connectivity index (χ1v) is 13.4. The molecule has 0 unspecified atom stereocenters. The number of likely N-dealkylation sites (N-methyl/N-ethyl adjacent to an activating group) is 1. The molecule has 0 saturated carbocycles. The van der Waals surface area contributed by atoms with E-state index >= 15 is 0 Å². The fraction of sp³-hybridized carbons (Fsp3) is 0.419. The highest BCUT2D eigenvalue weighted by molar-refractivity contribution is 5.99. The summed E-state index contributed by atoms with van der Waals surface area (Å²) >= 11 is 0. The molecule has 0 N–H and O–H groups in total. The zero-order valence-electron chi connectivity index (χ0n) is 23.4. The van der Waals surface area contributed by atoms with E-state index in [0.29, 0.717) is 61.7 Å². The molecular formula is C31H36FN5O2. The predicted octanol–water partition coefficient (Wildman–Crippen LogP) is 5.23. The molecule has 1 aliphatic rings. The Morgan fingerprint density at radius 1 is 1.13 bits per heavy atom.